The molecule has 0 unspecified atom stereocenters. The summed E-state index contributed by atoms with van der Waals surface area (Å²) in [6, 6.07) is 0.837. The molecule has 1 aromatic heterocycles. The lowest BCUT2D eigenvalue weighted by molar-refractivity contribution is -0.292. The molecule has 4 heterocycles. The molecule has 2 radical (unpaired) electrons. The monoisotopic (exact) mass is 952 g/mol. The first-order valence-corrected chi connectivity index (χ1v) is 24.5. The standard InChI is InChI=1S/C49H74FN9O9/c1-46(2)25-30(26-47(3,4)58(46)67)41(61)52-17-11-9-13-36(51)43(63)54-37(14-10-12-18-53-42(62)31-27-48(5,6)59(68)49(7,8)28-31)44(64)56-21-19-55(20-22-56)39-24-38-33(23-35(39)50)40(60)34(45(65)66)29-57(38)32-15-16-32/h23-24,29-32,36-37H,9-22,25-28,51H2,1-8H3,(H,52,61)(H,53,62)(H,54,63)(H,65,66)/t36-,37-/m0/s1. The Morgan fingerprint density at radius 2 is 1.24 bits per heavy atom. The number of carbonyl (C=O) groups excluding carboxylic acids is 4. The van der Waals surface area contributed by atoms with Crippen molar-refractivity contribution >= 4 is 46.2 Å². The molecule has 2 atom stereocenters. The van der Waals surface area contributed by atoms with Crippen LogP contribution in [0.1, 0.15) is 149 Å². The molecule has 4 amide bonds. The summed E-state index contributed by atoms with van der Waals surface area (Å²) in [5.74, 6) is -3.69. The number of aromatic carboxylic acids is 1. The van der Waals surface area contributed by atoms with Gasteiger partial charge in [0.05, 0.1) is 17.2 Å². The minimum Gasteiger partial charge on any atom is -0.477 e. The third-order valence-corrected chi connectivity index (χ3v) is 14.5. The number of carboxylic acid groups (broad SMARTS) is 1. The number of hydrogen-bond acceptors (Lipinski definition) is 10. The Morgan fingerprint density at radius 3 is 1.71 bits per heavy atom. The number of carbonyl (C=O) groups is 5. The van der Waals surface area contributed by atoms with E-state index < -0.39 is 62.9 Å². The molecule has 6 N–H and O–H groups in total. The Morgan fingerprint density at radius 1 is 0.750 bits per heavy atom. The first kappa shape index (κ1) is 52.7. The lowest BCUT2D eigenvalue weighted by Gasteiger charge is -2.49. The van der Waals surface area contributed by atoms with Gasteiger partial charge in [0.2, 0.25) is 29.1 Å². The first-order chi connectivity index (χ1) is 31.7. The summed E-state index contributed by atoms with van der Waals surface area (Å²) in [6.07, 6.45) is 7.41. The zero-order chi connectivity index (χ0) is 50.1. The summed E-state index contributed by atoms with van der Waals surface area (Å²) < 4.78 is 17.5. The highest BCUT2D eigenvalue weighted by atomic mass is 19.1. The molecule has 0 bridgehead atoms. The number of piperidine rings is 2. The second-order valence-electron chi connectivity index (χ2n) is 22.2. The summed E-state index contributed by atoms with van der Waals surface area (Å²) in [6.45, 7) is 16.4. The van der Waals surface area contributed by atoms with Gasteiger partial charge in [-0.25, -0.2) is 9.18 Å². The number of carboxylic acids is 1. The van der Waals surface area contributed by atoms with E-state index in [0.29, 0.717) is 76.4 Å². The van der Waals surface area contributed by atoms with Crippen molar-refractivity contribution in [3.05, 3.63) is 39.9 Å². The molecule has 3 saturated heterocycles. The highest BCUT2D eigenvalue weighted by Gasteiger charge is 2.49. The van der Waals surface area contributed by atoms with E-state index in [9.17, 15) is 44.3 Å². The van der Waals surface area contributed by atoms with Crippen LogP contribution in [0.2, 0.25) is 0 Å². The molecule has 2 aromatic rings. The molecule has 1 saturated carbocycles. The van der Waals surface area contributed by atoms with Crippen LogP contribution in [-0.4, -0.2) is 128 Å². The molecule has 3 aliphatic heterocycles. The molecule has 4 fully saturated rings. The van der Waals surface area contributed by atoms with Crippen LogP contribution in [0.5, 0.6) is 0 Å². The first-order valence-electron chi connectivity index (χ1n) is 24.5. The van der Waals surface area contributed by atoms with Gasteiger partial charge in [-0.2, -0.15) is 0 Å². The number of unbranched alkanes of at least 4 members (excludes halogenated alkanes) is 2. The Kier molecular flexibility index (Phi) is 16.1. The minimum atomic E-state index is -1.37. The largest absolute Gasteiger partial charge is 0.477 e. The number of nitrogens with zero attached hydrogens (tertiary/aromatic N) is 5. The van der Waals surface area contributed by atoms with E-state index in [1.165, 1.54) is 6.20 Å². The number of anilines is 1. The quantitative estimate of drug-likeness (QED) is 0.131. The molecular formula is C49H74FN9O9. The number of nitrogens with one attached hydrogen (secondary N) is 3. The Labute approximate surface area is 399 Å². The van der Waals surface area contributed by atoms with Crippen molar-refractivity contribution in [1.29, 1.82) is 0 Å². The van der Waals surface area contributed by atoms with Crippen LogP contribution < -0.4 is 32.0 Å². The third kappa shape index (κ3) is 12.0. The van der Waals surface area contributed by atoms with E-state index in [1.807, 2.05) is 55.4 Å². The average molecular weight is 952 g/mol. The highest BCUT2D eigenvalue weighted by molar-refractivity contribution is 5.94. The van der Waals surface area contributed by atoms with E-state index in [4.69, 9.17) is 5.73 Å². The number of pyridine rings is 1. The predicted molar refractivity (Wildman–Crippen MR) is 253 cm³/mol. The number of benzene rings is 1. The number of hydroxylamine groups is 4. The highest BCUT2D eigenvalue weighted by Crippen LogP contribution is 2.42. The van der Waals surface area contributed by atoms with Crippen molar-refractivity contribution in [2.75, 3.05) is 44.2 Å². The fourth-order valence-corrected chi connectivity index (χ4v) is 11.0. The SMILES string of the molecule is CC1(C)CC(C(=O)NCCCC[C@H](NC(=O)[C@@H](N)CCCCNC(=O)C2CC(C)(C)N([O])C(C)(C)C2)C(=O)N2CCN(c3cc4c(cc3F)c(=O)c(C(=O)O)cn4C3CC3)CC2)CC(C)(C)N1[O]. The summed E-state index contributed by atoms with van der Waals surface area (Å²) in [5.41, 5.74) is 3.19. The van der Waals surface area contributed by atoms with Crippen LogP contribution in [0.25, 0.3) is 10.9 Å². The topological polar surface area (TPSA) is 242 Å². The van der Waals surface area contributed by atoms with Crippen LogP contribution in [0.3, 0.4) is 0 Å². The number of rotatable bonds is 18. The van der Waals surface area contributed by atoms with E-state index in [0.717, 1.165) is 29.0 Å². The van der Waals surface area contributed by atoms with Crippen LogP contribution in [0.15, 0.2) is 23.1 Å². The fraction of sp³-hybridized carbons (Fsp3) is 0.714. The van der Waals surface area contributed by atoms with Gasteiger partial charge < -0.3 is 41.2 Å². The molecule has 0 spiro atoms. The van der Waals surface area contributed by atoms with Crippen molar-refractivity contribution in [1.82, 2.24) is 35.5 Å². The molecule has 18 nitrogen and oxygen atoms in total. The number of nitrogens with two attached hydrogens (primary N) is 1. The molecule has 1 aliphatic carbocycles. The van der Waals surface area contributed by atoms with Crippen molar-refractivity contribution in [2.45, 2.75) is 173 Å². The average Bonchev–Trinajstić information content (AvgIpc) is 4.11. The number of aromatic nitrogens is 1. The zero-order valence-corrected chi connectivity index (χ0v) is 41.3. The second-order valence-corrected chi connectivity index (χ2v) is 22.2. The van der Waals surface area contributed by atoms with E-state index in [1.54, 1.807) is 20.4 Å². The van der Waals surface area contributed by atoms with Crippen molar-refractivity contribution in [3.8, 4) is 0 Å². The normalized spacial score (nSPS) is 21.8. The van der Waals surface area contributed by atoms with Gasteiger partial charge in [0.15, 0.2) is 0 Å². The molecule has 19 heteroatoms. The van der Waals surface area contributed by atoms with Gasteiger partial charge in [-0.1, -0.05) is 0 Å². The molecule has 1 aromatic carbocycles. The maximum Gasteiger partial charge on any atom is 0.341 e. The lowest BCUT2D eigenvalue weighted by atomic mass is 9.75. The Hall–Kier alpha value is -4.69. The molecule has 4 aliphatic rings. The van der Waals surface area contributed by atoms with Gasteiger partial charge in [0, 0.05) is 90.9 Å². The maximum atomic E-state index is 15.8. The predicted octanol–water partition coefficient (Wildman–Crippen LogP) is 4.44. The van der Waals surface area contributed by atoms with Crippen molar-refractivity contribution in [3.63, 3.8) is 0 Å². The van der Waals surface area contributed by atoms with E-state index in [2.05, 4.69) is 16.0 Å². The lowest BCUT2D eigenvalue weighted by Crippen LogP contribution is -2.60. The van der Waals surface area contributed by atoms with Gasteiger partial charge in [-0.3, -0.25) is 24.0 Å². The van der Waals surface area contributed by atoms with Crippen molar-refractivity contribution in [2.24, 2.45) is 17.6 Å². The van der Waals surface area contributed by atoms with Crippen LogP contribution >= 0.6 is 0 Å². The maximum absolute atomic E-state index is 15.8. The van der Waals surface area contributed by atoms with E-state index >= 15 is 4.39 Å². The van der Waals surface area contributed by atoms with Crippen molar-refractivity contribution < 1.29 is 43.9 Å². The summed E-state index contributed by atoms with van der Waals surface area (Å²) in [7, 11) is 0. The van der Waals surface area contributed by atoms with Crippen LogP contribution in [0.4, 0.5) is 10.1 Å². The molecule has 68 heavy (non-hydrogen) atoms. The van der Waals surface area contributed by atoms with Gasteiger partial charge in [-0.15, -0.1) is 20.5 Å². The van der Waals surface area contributed by atoms with Gasteiger partial charge in [-0.05, 0) is 145 Å². The summed E-state index contributed by atoms with van der Waals surface area (Å²) in [5, 5.41) is 46.3. The minimum absolute atomic E-state index is 0.00510. The second kappa shape index (κ2) is 20.7. The third-order valence-electron chi connectivity index (χ3n) is 14.5. The smallest absolute Gasteiger partial charge is 0.341 e. The molecule has 376 valence electrons. The number of amides is 4. The van der Waals surface area contributed by atoms with Gasteiger partial charge >= 0.3 is 5.97 Å². The summed E-state index contributed by atoms with van der Waals surface area (Å²) >= 11 is 0. The van der Waals surface area contributed by atoms with E-state index in [-0.39, 0.29) is 79.3 Å². The molecule has 6 rings (SSSR count). The number of fused-ring (bicyclic) bond motifs is 1. The Bertz CT molecular complexity index is 2230. The van der Waals surface area contributed by atoms with Crippen LogP contribution in [0, 0.1) is 17.7 Å². The van der Waals surface area contributed by atoms with Gasteiger partial charge in [0.1, 0.15) is 17.4 Å². The fourth-order valence-electron chi connectivity index (χ4n) is 11.0. The zero-order valence-electron chi connectivity index (χ0n) is 41.3. The number of halogens is 1. The number of piperazine rings is 1. The summed E-state index contributed by atoms with van der Waals surface area (Å²) in [4.78, 5) is 82.5. The molecular weight excluding hydrogens is 878 g/mol. The van der Waals surface area contributed by atoms with Gasteiger partial charge in [0.25, 0.3) is 0 Å². The Balaban J connectivity index is 1.05. The van der Waals surface area contributed by atoms with Crippen LogP contribution in [-0.2, 0) is 29.6 Å². The number of hydrogen-bond donors (Lipinski definition) is 5.